The number of H-pyrrole nitrogens is 1. The first-order chi connectivity index (χ1) is 8.10. The van der Waals surface area contributed by atoms with Gasteiger partial charge in [-0.15, -0.1) is 0 Å². The third-order valence-electron chi connectivity index (χ3n) is 3.48. The van der Waals surface area contributed by atoms with Gasteiger partial charge in [0.25, 0.3) is 5.56 Å². The number of aromatic amines is 1. The van der Waals surface area contributed by atoms with E-state index in [9.17, 15) is 4.79 Å². The molecule has 0 spiro atoms. The zero-order valence-electron chi connectivity index (χ0n) is 10.9. The Balaban J connectivity index is 2.24. The van der Waals surface area contributed by atoms with Gasteiger partial charge in [-0.2, -0.15) is 0 Å². The van der Waals surface area contributed by atoms with E-state index in [4.69, 9.17) is 0 Å². The van der Waals surface area contributed by atoms with E-state index in [1.807, 2.05) is 13.8 Å². The van der Waals surface area contributed by atoms with Crippen LogP contribution < -0.4 is 10.5 Å². The number of hydrogen-bond acceptors (Lipinski definition) is 3. The average Bonchev–Trinajstić information content (AvgIpc) is 2.76. The molecule has 1 fully saturated rings. The highest BCUT2D eigenvalue weighted by atomic mass is 16.1. The summed E-state index contributed by atoms with van der Waals surface area (Å²) in [6, 6.07) is 1.62. The van der Waals surface area contributed by atoms with E-state index >= 15 is 0 Å². The molecule has 1 aliphatic heterocycles. The Kier molecular flexibility index (Phi) is 3.50. The van der Waals surface area contributed by atoms with E-state index in [2.05, 4.69) is 21.8 Å². The van der Waals surface area contributed by atoms with Crippen molar-refractivity contribution in [3.63, 3.8) is 0 Å². The number of aromatic nitrogens is 2. The predicted octanol–water partition coefficient (Wildman–Crippen LogP) is 2.13. The summed E-state index contributed by atoms with van der Waals surface area (Å²) in [5.41, 5.74) is -0.0429. The summed E-state index contributed by atoms with van der Waals surface area (Å²) in [6.45, 7) is 8.36. The Morgan fingerprint density at radius 3 is 2.94 bits per heavy atom. The molecule has 0 saturated carbocycles. The van der Waals surface area contributed by atoms with Crippen LogP contribution in [-0.4, -0.2) is 23.1 Å². The Hall–Kier alpha value is -1.32. The van der Waals surface area contributed by atoms with Crippen LogP contribution in [0.1, 0.15) is 45.4 Å². The highest BCUT2D eigenvalue weighted by molar-refractivity contribution is 5.39. The number of rotatable bonds is 3. The summed E-state index contributed by atoms with van der Waals surface area (Å²) in [5, 5.41) is 0. The van der Waals surface area contributed by atoms with Gasteiger partial charge in [-0.1, -0.05) is 27.2 Å². The molecule has 1 atom stereocenters. The highest BCUT2D eigenvalue weighted by Gasteiger charge is 2.22. The van der Waals surface area contributed by atoms with Crippen LogP contribution in [0.4, 0.5) is 5.82 Å². The first kappa shape index (κ1) is 12.1. The molecule has 1 aromatic heterocycles. The standard InChI is InChI=1S/C13H21N3O/c1-4-10-5-6-16(8-10)11-7-12(17)15-13(14-11)9(2)3/h7,9-10H,4-6,8H2,1-3H3,(H,14,15,17). The summed E-state index contributed by atoms with van der Waals surface area (Å²) in [5.74, 6) is 2.63. The van der Waals surface area contributed by atoms with Gasteiger partial charge in [0, 0.05) is 25.1 Å². The second kappa shape index (κ2) is 4.90. The quantitative estimate of drug-likeness (QED) is 0.873. The molecule has 0 bridgehead atoms. The Labute approximate surface area is 102 Å². The van der Waals surface area contributed by atoms with Crippen molar-refractivity contribution in [2.45, 2.75) is 39.5 Å². The zero-order valence-corrected chi connectivity index (χ0v) is 10.9. The minimum Gasteiger partial charge on any atom is -0.356 e. The minimum atomic E-state index is -0.0429. The van der Waals surface area contributed by atoms with E-state index in [1.54, 1.807) is 6.07 Å². The summed E-state index contributed by atoms with van der Waals surface area (Å²) < 4.78 is 0. The third-order valence-corrected chi connectivity index (χ3v) is 3.48. The molecular formula is C13H21N3O. The fourth-order valence-corrected chi connectivity index (χ4v) is 2.27. The predicted molar refractivity (Wildman–Crippen MR) is 69.6 cm³/mol. The largest absolute Gasteiger partial charge is 0.356 e. The molecule has 0 amide bonds. The first-order valence-electron chi connectivity index (χ1n) is 6.46. The van der Waals surface area contributed by atoms with Crippen molar-refractivity contribution in [3.05, 3.63) is 22.2 Å². The van der Waals surface area contributed by atoms with Gasteiger partial charge in [0.1, 0.15) is 11.6 Å². The molecule has 1 saturated heterocycles. The van der Waals surface area contributed by atoms with Crippen LogP contribution in [0.2, 0.25) is 0 Å². The molecule has 1 aromatic rings. The summed E-state index contributed by atoms with van der Waals surface area (Å²) in [6.07, 6.45) is 2.42. The number of hydrogen-bond donors (Lipinski definition) is 1. The van der Waals surface area contributed by atoms with Gasteiger partial charge in [0.15, 0.2) is 0 Å². The van der Waals surface area contributed by atoms with Gasteiger partial charge in [-0.05, 0) is 12.3 Å². The molecule has 2 rings (SSSR count). The molecule has 2 heterocycles. The van der Waals surface area contributed by atoms with Crippen molar-refractivity contribution >= 4 is 5.82 Å². The van der Waals surface area contributed by atoms with Crippen LogP contribution >= 0.6 is 0 Å². The van der Waals surface area contributed by atoms with E-state index in [-0.39, 0.29) is 11.5 Å². The average molecular weight is 235 g/mol. The number of nitrogens with one attached hydrogen (secondary N) is 1. The maximum absolute atomic E-state index is 11.6. The van der Waals surface area contributed by atoms with Crippen molar-refractivity contribution in [1.29, 1.82) is 0 Å². The van der Waals surface area contributed by atoms with E-state index in [0.29, 0.717) is 0 Å². The number of anilines is 1. The Morgan fingerprint density at radius 2 is 2.35 bits per heavy atom. The van der Waals surface area contributed by atoms with E-state index in [0.717, 1.165) is 30.6 Å². The SMILES string of the molecule is CCC1CCN(c2cc(=O)[nH]c(C(C)C)n2)C1. The lowest BCUT2D eigenvalue weighted by Gasteiger charge is -2.18. The highest BCUT2D eigenvalue weighted by Crippen LogP contribution is 2.23. The second-order valence-corrected chi connectivity index (χ2v) is 5.15. The molecule has 4 nitrogen and oxygen atoms in total. The second-order valence-electron chi connectivity index (χ2n) is 5.15. The molecule has 1 N–H and O–H groups in total. The topological polar surface area (TPSA) is 49.0 Å². The van der Waals surface area contributed by atoms with Gasteiger partial charge in [-0.3, -0.25) is 4.79 Å². The van der Waals surface area contributed by atoms with Crippen molar-refractivity contribution in [2.24, 2.45) is 5.92 Å². The van der Waals surface area contributed by atoms with Crippen LogP contribution in [0.5, 0.6) is 0 Å². The van der Waals surface area contributed by atoms with Gasteiger partial charge < -0.3 is 9.88 Å². The van der Waals surface area contributed by atoms with Crippen LogP contribution in [-0.2, 0) is 0 Å². The van der Waals surface area contributed by atoms with Crippen LogP contribution in [0, 0.1) is 5.92 Å². The molecule has 0 aliphatic carbocycles. The molecule has 94 valence electrons. The molecule has 0 aromatic carbocycles. The molecule has 17 heavy (non-hydrogen) atoms. The van der Waals surface area contributed by atoms with Crippen LogP contribution in [0.25, 0.3) is 0 Å². The summed E-state index contributed by atoms with van der Waals surface area (Å²) in [4.78, 5) is 21.2. The normalized spacial score (nSPS) is 20.2. The summed E-state index contributed by atoms with van der Waals surface area (Å²) in [7, 11) is 0. The maximum atomic E-state index is 11.6. The lowest BCUT2D eigenvalue weighted by atomic mass is 10.1. The third kappa shape index (κ3) is 2.68. The van der Waals surface area contributed by atoms with Gasteiger partial charge in [0.2, 0.25) is 0 Å². The fraction of sp³-hybridized carbons (Fsp3) is 0.692. The molecule has 4 heteroatoms. The van der Waals surface area contributed by atoms with Crippen LogP contribution in [0.3, 0.4) is 0 Å². The lowest BCUT2D eigenvalue weighted by Crippen LogP contribution is -2.24. The van der Waals surface area contributed by atoms with Gasteiger partial charge >= 0.3 is 0 Å². The Morgan fingerprint density at radius 1 is 1.59 bits per heavy atom. The number of nitrogens with zero attached hydrogens (tertiary/aromatic N) is 2. The Bertz CT molecular complexity index is 439. The molecule has 1 aliphatic rings. The van der Waals surface area contributed by atoms with Gasteiger partial charge in [-0.25, -0.2) is 4.98 Å². The molecule has 0 radical (unpaired) electrons. The lowest BCUT2D eigenvalue weighted by molar-refractivity contribution is 0.568. The van der Waals surface area contributed by atoms with Gasteiger partial charge in [0.05, 0.1) is 0 Å². The van der Waals surface area contributed by atoms with Crippen LogP contribution in [0.15, 0.2) is 10.9 Å². The molecule has 1 unspecified atom stereocenters. The fourth-order valence-electron chi connectivity index (χ4n) is 2.27. The minimum absolute atomic E-state index is 0.0429. The molecular weight excluding hydrogens is 214 g/mol. The summed E-state index contributed by atoms with van der Waals surface area (Å²) >= 11 is 0. The first-order valence-corrected chi connectivity index (χ1v) is 6.46. The van der Waals surface area contributed by atoms with E-state index in [1.165, 1.54) is 12.8 Å². The smallest absolute Gasteiger partial charge is 0.252 e. The van der Waals surface area contributed by atoms with Crippen molar-refractivity contribution in [2.75, 3.05) is 18.0 Å². The van der Waals surface area contributed by atoms with Crippen molar-refractivity contribution < 1.29 is 0 Å². The zero-order chi connectivity index (χ0) is 12.4. The van der Waals surface area contributed by atoms with Crippen molar-refractivity contribution in [1.82, 2.24) is 9.97 Å². The van der Waals surface area contributed by atoms with E-state index < -0.39 is 0 Å². The maximum Gasteiger partial charge on any atom is 0.252 e. The van der Waals surface area contributed by atoms with Crippen molar-refractivity contribution in [3.8, 4) is 0 Å². The monoisotopic (exact) mass is 235 g/mol.